The zero-order valence-electron chi connectivity index (χ0n) is 12.2. The number of benzene rings is 2. The number of rotatable bonds is 5. The number of halogens is 2. The number of aryl methyl sites for hydroxylation is 1. The van der Waals surface area contributed by atoms with Crippen molar-refractivity contribution in [1.29, 1.82) is 0 Å². The summed E-state index contributed by atoms with van der Waals surface area (Å²) < 4.78 is 13.0. The van der Waals surface area contributed by atoms with Gasteiger partial charge >= 0.3 is 0 Å². The van der Waals surface area contributed by atoms with Gasteiger partial charge in [-0.15, -0.1) is 0 Å². The van der Waals surface area contributed by atoms with Crippen LogP contribution in [-0.2, 0) is 6.54 Å². The topological polar surface area (TPSA) is 30.5 Å². The molecule has 0 amide bonds. The molecule has 0 aliphatic rings. The Morgan fingerprint density at radius 1 is 1.00 bits per heavy atom. The highest BCUT2D eigenvalue weighted by atomic mass is 79.9. The standard InChI is InChI=1S/C16H17Br2NO2/c1-10-4-5-14(11(6-10)9-19-2)21-16-8-12(17)15(20-3)7-13(16)18/h4-8,19H,9H2,1-3H3. The van der Waals surface area contributed by atoms with Crippen molar-refractivity contribution in [3.63, 3.8) is 0 Å². The van der Waals surface area contributed by atoms with Crippen LogP contribution in [0.3, 0.4) is 0 Å². The van der Waals surface area contributed by atoms with Crippen LogP contribution in [0.25, 0.3) is 0 Å². The second kappa shape index (κ2) is 7.29. The lowest BCUT2D eigenvalue weighted by Gasteiger charge is -2.14. The van der Waals surface area contributed by atoms with E-state index in [1.165, 1.54) is 5.56 Å². The number of ether oxygens (including phenoxy) is 2. The lowest BCUT2D eigenvalue weighted by molar-refractivity contribution is 0.409. The maximum absolute atomic E-state index is 6.06. The molecule has 2 aromatic carbocycles. The SMILES string of the molecule is CNCc1cc(C)ccc1Oc1cc(Br)c(OC)cc1Br. The molecule has 3 nitrogen and oxygen atoms in total. The molecule has 0 radical (unpaired) electrons. The Hall–Kier alpha value is -1.04. The van der Waals surface area contributed by atoms with Crippen LogP contribution in [-0.4, -0.2) is 14.2 Å². The number of hydrogen-bond acceptors (Lipinski definition) is 3. The Kier molecular flexibility index (Phi) is 5.67. The van der Waals surface area contributed by atoms with Gasteiger partial charge in [0.15, 0.2) is 0 Å². The molecule has 2 aromatic rings. The summed E-state index contributed by atoms with van der Waals surface area (Å²) in [7, 11) is 3.56. The van der Waals surface area contributed by atoms with Crippen LogP contribution in [0.1, 0.15) is 11.1 Å². The lowest BCUT2D eigenvalue weighted by atomic mass is 10.1. The third-order valence-corrected chi connectivity index (χ3v) is 4.25. The molecule has 0 bridgehead atoms. The number of nitrogens with one attached hydrogen (secondary N) is 1. The zero-order chi connectivity index (χ0) is 15.4. The summed E-state index contributed by atoms with van der Waals surface area (Å²) in [6.07, 6.45) is 0. The van der Waals surface area contributed by atoms with Crippen molar-refractivity contribution in [2.75, 3.05) is 14.2 Å². The maximum Gasteiger partial charge on any atom is 0.143 e. The monoisotopic (exact) mass is 413 g/mol. The summed E-state index contributed by atoms with van der Waals surface area (Å²) in [6, 6.07) is 9.93. The highest BCUT2D eigenvalue weighted by Gasteiger charge is 2.11. The van der Waals surface area contributed by atoms with Crippen molar-refractivity contribution in [1.82, 2.24) is 5.32 Å². The quantitative estimate of drug-likeness (QED) is 0.743. The van der Waals surface area contributed by atoms with Gasteiger partial charge in [-0.25, -0.2) is 0 Å². The summed E-state index contributed by atoms with van der Waals surface area (Å²) in [5, 5.41) is 3.16. The molecule has 0 heterocycles. The molecule has 0 saturated heterocycles. The van der Waals surface area contributed by atoms with Gasteiger partial charge in [-0.2, -0.15) is 0 Å². The van der Waals surface area contributed by atoms with Crippen molar-refractivity contribution in [2.45, 2.75) is 13.5 Å². The minimum atomic E-state index is 0.740. The summed E-state index contributed by atoms with van der Waals surface area (Å²) in [4.78, 5) is 0. The summed E-state index contributed by atoms with van der Waals surface area (Å²) in [5.41, 5.74) is 2.33. The lowest BCUT2D eigenvalue weighted by Crippen LogP contribution is -2.06. The van der Waals surface area contributed by atoms with Gasteiger partial charge in [0.2, 0.25) is 0 Å². The van der Waals surface area contributed by atoms with Gasteiger partial charge in [0.1, 0.15) is 17.2 Å². The fraction of sp³-hybridized carbons (Fsp3) is 0.250. The minimum absolute atomic E-state index is 0.740. The first-order chi connectivity index (χ1) is 10.0. The Balaban J connectivity index is 2.36. The van der Waals surface area contributed by atoms with E-state index in [-0.39, 0.29) is 0 Å². The molecule has 21 heavy (non-hydrogen) atoms. The van der Waals surface area contributed by atoms with Crippen molar-refractivity contribution in [3.8, 4) is 17.2 Å². The number of hydrogen-bond donors (Lipinski definition) is 1. The van der Waals surface area contributed by atoms with E-state index >= 15 is 0 Å². The molecule has 0 aliphatic carbocycles. The van der Waals surface area contributed by atoms with Crippen molar-refractivity contribution >= 4 is 31.9 Å². The largest absolute Gasteiger partial charge is 0.496 e. The van der Waals surface area contributed by atoms with E-state index in [0.29, 0.717) is 0 Å². The normalized spacial score (nSPS) is 10.5. The summed E-state index contributed by atoms with van der Waals surface area (Å²) in [6.45, 7) is 2.83. The second-order valence-corrected chi connectivity index (χ2v) is 6.37. The maximum atomic E-state index is 6.06. The molecular weight excluding hydrogens is 398 g/mol. The van der Waals surface area contributed by atoms with Crippen LogP contribution in [0, 0.1) is 6.92 Å². The van der Waals surface area contributed by atoms with E-state index in [9.17, 15) is 0 Å². The van der Waals surface area contributed by atoms with Gasteiger partial charge in [-0.1, -0.05) is 17.7 Å². The third kappa shape index (κ3) is 3.99. The second-order valence-electron chi connectivity index (χ2n) is 4.66. The molecule has 0 spiro atoms. The molecule has 0 saturated carbocycles. The van der Waals surface area contributed by atoms with Gasteiger partial charge in [0.25, 0.3) is 0 Å². The van der Waals surface area contributed by atoms with Crippen molar-refractivity contribution in [3.05, 3.63) is 50.4 Å². The third-order valence-electron chi connectivity index (χ3n) is 3.01. The molecule has 0 aromatic heterocycles. The highest BCUT2D eigenvalue weighted by molar-refractivity contribution is 9.11. The molecule has 0 unspecified atom stereocenters. The molecule has 0 aliphatic heterocycles. The van der Waals surface area contributed by atoms with E-state index in [0.717, 1.165) is 38.3 Å². The molecule has 0 atom stereocenters. The van der Waals surface area contributed by atoms with E-state index in [2.05, 4.69) is 50.2 Å². The first-order valence-corrected chi connectivity index (χ1v) is 8.08. The van der Waals surface area contributed by atoms with Gasteiger partial charge in [0.05, 0.1) is 16.1 Å². The smallest absolute Gasteiger partial charge is 0.143 e. The Labute approximate surface area is 141 Å². The van der Waals surface area contributed by atoms with Crippen LogP contribution in [0.4, 0.5) is 0 Å². The fourth-order valence-electron chi connectivity index (χ4n) is 2.00. The Morgan fingerprint density at radius 2 is 1.67 bits per heavy atom. The van der Waals surface area contributed by atoms with Gasteiger partial charge < -0.3 is 14.8 Å². The molecule has 5 heteroatoms. The first kappa shape index (κ1) is 16.3. The zero-order valence-corrected chi connectivity index (χ0v) is 15.3. The average Bonchev–Trinajstić information content (AvgIpc) is 2.45. The minimum Gasteiger partial charge on any atom is -0.496 e. The van der Waals surface area contributed by atoms with Crippen LogP contribution in [0.15, 0.2) is 39.3 Å². The Morgan fingerprint density at radius 3 is 2.33 bits per heavy atom. The predicted molar refractivity (Wildman–Crippen MR) is 92.4 cm³/mol. The molecule has 2 rings (SSSR count). The van der Waals surface area contributed by atoms with Gasteiger partial charge in [-0.3, -0.25) is 0 Å². The van der Waals surface area contributed by atoms with Gasteiger partial charge in [0, 0.05) is 12.1 Å². The van der Waals surface area contributed by atoms with Crippen LogP contribution >= 0.6 is 31.9 Å². The highest BCUT2D eigenvalue weighted by Crippen LogP contribution is 2.38. The van der Waals surface area contributed by atoms with Crippen molar-refractivity contribution in [2.24, 2.45) is 0 Å². The summed E-state index contributed by atoms with van der Waals surface area (Å²) >= 11 is 6.99. The summed E-state index contributed by atoms with van der Waals surface area (Å²) in [5.74, 6) is 2.34. The molecule has 112 valence electrons. The number of methoxy groups -OCH3 is 1. The fourth-order valence-corrected chi connectivity index (χ4v) is 2.89. The van der Waals surface area contributed by atoms with E-state index in [4.69, 9.17) is 9.47 Å². The Bertz CT molecular complexity index is 644. The van der Waals surface area contributed by atoms with E-state index in [1.54, 1.807) is 7.11 Å². The molecule has 0 fully saturated rings. The first-order valence-electron chi connectivity index (χ1n) is 6.50. The average molecular weight is 415 g/mol. The van der Waals surface area contributed by atoms with Gasteiger partial charge in [-0.05, 0) is 64.0 Å². The molecule has 1 N–H and O–H groups in total. The van der Waals surface area contributed by atoms with E-state index in [1.807, 2.05) is 31.3 Å². The predicted octanol–water partition coefficient (Wildman–Crippen LogP) is 5.04. The van der Waals surface area contributed by atoms with E-state index < -0.39 is 0 Å². The van der Waals surface area contributed by atoms with Crippen LogP contribution in [0.5, 0.6) is 17.2 Å². The van der Waals surface area contributed by atoms with Crippen LogP contribution in [0.2, 0.25) is 0 Å². The molecular formula is C16H17Br2NO2. The van der Waals surface area contributed by atoms with Crippen LogP contribution < -0.4 is 14.8 Å². The van der Waals surface area contributed by atoms with Crippen molar-refractivity contribution < 1.29 is 9.47 Å².